The second-order valence-corrected chi connectivity index (χ2v) is 8.84. The zero-order chi connectivity index (χ0) is 25.2. The number of para-hydroxylation sites is 1. The minimum Gasteiger partial charge on any atom is -0.493 e. The largest absolute Gasteiger partial charge is 0.493 e. The summed E-state index contributed by atoms with van der Waals surface area (Å²) >= 11 is 5.83. The number of rotatable bonds is 6. The molecule has 182 valence electrons. The summed E-state index contributed by atoms with van der Waals surface area (Å²) in [5, 5.41) is 8.34. The van der Waals surface area contributed by atoms with Crippen molar-refractivity contribution >= 4 is 28.6 Å². The van der Waals surface area contributed by atoms with Gasteiger partial charge in [0, 0.05) is 16.9 Å². The third kappa shape index (κ3) is 4.31. The first kappa shape index (κ1) is 23.6. The minimum atomic E-state index is -0.344. The van der Waals surface area contributed by atoms with Crippen LogP contribution in [0.25, 0.3) is 17.0 Å². The Morgan fingerprint density at radius 2 is 1.64 bits per heavy atom. The van der Waals surface area contributed by atoms with Crippen LogP contribution in [0.2, 0.25) is 0 Å². The van der Waals surface area contributed by atoms with E-state index in [1.54, 1.807) is 14.2 Å². The van der Waals surface area contributed by atoms with E-state index in [4.69, 9.17) is 31.2 Å². The summed E-state index contributed by atoms with van der Waals surface area (Å²) in [7, 11) is 3.23. The molecule has 1 aromatic heterocycles. The van der Waals surface area contributed by atoms with Crippen LogP contribution >= 0.6 is 12.2 Å². The molecule has 0 saturated heterocycles. The standard InChI is InChI=1S/C28H26N4O3S/c1-17-10-12-19(13-11-17)26-30-27(35-31-26)24-18(2)32(21-8-6-5-7-9-21)28(36)29-25(24)20-14-15-22(33-3)23(16-20)34-4/h5-16,25H,1-4H3,(H,29,36). The first-order valence-corrected chi connectivity index (χ1v) is 11.9. The van der Waals surface area contributed by atoms with Gasteiger partial charge in [-0.15, -0.1) is 0 Å². The van der Waals surface area contributed by atoms with Gasteiger partial charge in [0.15, 0.2) is 16.6 Å². The van der Waals surface area contributed by atoms with Gasteiger partial charge in [-0.3, -0.25) is 4.90 Å². The van der Waals surface area contributed by atoms with Crippen molar-refractivity contribution in [3.05, 3.63) is 95.5 Å². The molecule has 36 heavy (non-hydrogen) atoms. The average Bonchev–Trinajstić information content (AvgIpc) is 3.38. The quantitative estimate of drug-likeness (QED) is 0.328. The van der Waals surface area contributed by atoms with Crippen molar-refractivity contribution in [2.45, 2.75) is 19.9 Å². The van der Waals surface area contributed by atoms with E-state index < -0.39 is 0 Å². The number of benzene rings is 3. The molecule has 7 nitrogen and oxygen atoms in total. The van der Waals surface area contributed by atoms with Gasteiger partial charge >= 0.3 is 0 Å². The SMILES string of the molecule is COc1ccc(C2NC(=S)N(c3ccccc3)C(C)=C2c2nc(-c3ccc(C)cc3)no2)cc1OC. The summed E-state index contributed by atoms with van der Waals surface area (Å²) in [5.74, 6) is 2.21. The Balaban J connectivity index is 1.66. The Labute approximate surface area is 215 Å². The number of nitrogens with zero attached hydrogens (tertiary/aromatic N) is 3. The number of aromatic nitrogens is 2. The van der Waals surface area contributed by atoms with Gasteiger partial charge in [0.2, 0.25) is 5.82 Å². The first-order valence-electron chi connectivity index (χ1n) is 11.5. The Kier molecular flexibility index (Phi) is 6.43. The van der Waals surface area contributed by atoms with Gasteiger partial charge < -0.3 is 19.3 Å². The summed E-state index contributed by atoms with van der Waals surface area (Å²) in [6.07, 6.45) is 0. The first-order chi connectivity index (χ1) is 17.5. The molecular formula is C28H26N4O3S. The van der Waals surface area contributed by atoms with Gasteiger partial charge in [0.05, 0.1) is 25.8 Å². The monoisotopic (exact) mass is 498 g/mol. The number of nitrogens with one attached hydrogen (secondary N) is 1. The normalized spacial score (nSPS) is 15.6. The zero-order valence-corrected chi connectivity index (χ0v) is 21.3. The zero-order valence-electron chi connectivity index (χ0n) is 20.5. The molecular weight excluding hydrogens is 472 g/mol. The maximum Gasteiger partial charge on any atom is 0.258 e. The lowest BCUT2D eigenvalue weighted by Gasteiger charge is -2.37. The molecule has 0 saturated carbocycles. The maximum atomic E-state index is 5.85. The molecule has 0 bridgehead atoms. The number of allylic oxidation sites excluding steroid dienone is 1. The second-order valence-electron chi connectivity index (χ2n) is 8.46. The van der Waals surface area contributed by atoms with Crippen LogP contribution in [0, 0.1) is 6.92 Å². The molecule has 3 aromatic carbocycles. The third-order valence-corrected chi connectivity index (χ3v) is 6.51. The molecule has 0 spiro atoms. The van der Waals surface area contributed by atoms with E-state index in [-0.39, 0.29) is 6.04 Å². The van der Waals surface area contributed by atoms with E-state index in [0.717, 1.165) is 33.6 Å². The molecule has 2 heterocycles. The van der Waals surface area contributed by atoms with Crippen molar-refractivity contribution in [2.75, 3.05) is 19.1 Å². The third-order valence-electron chi connectivity index (χ3n) is 6.21. The average molecular weight is 499 g/mol. The molecule has 1 aliphatic rings. The van der Waals surface area contributed by atoms with Crippen LogP contribution in [-0.2, 0) is 0 Å². The van der Waals surface area contributed by atoms with E-state index in [2.05, 4.69) is 10.5 Å². The van der Waals surface area contributed by atoms with Crippen LogP contribution in [0.4, 0.5) is 5.69 Å². The van der Waals surface area contributed by atoms with Crippen molar-refractivity contribution in [2.24, 2.45) is 0 Å². The van der Waals surface area contributed by atoms with Crippen molar-refractivity contribution < 1.29 is 14.0 Å². The molecule has 0 aliphatic carbocycles. The lowest BCUT2D eigenvalue weighted by molar-refractivity contribution is 0.354. The number of anilines is 1. The lowest BCUT2D eigenvalue weighted by atomic mass is 9.94. The fourth-order valence-electron chi connectivity index (χ4n) is 4.34. The number of ether oxygens (including phenoxy) is 2. The molecule has 8 heteroatoms. The number of hydrogen-bond acceptors (Lipinski definition) is 6. The summed E-state index contributed by atoms with van der Waals surface area (Å²) < 4.78 is 16.8. The van der Waals surface area contributed by atoms with Gasteiger partial charge in [0.1, 0.15) is 0 Å². The van der Waals surface area contributed by atoms with Crippen molar-refractivity contribution in [3.8, 4) is 22.9 Å². The Hall–Kier alpha value is -4.17. The predicted molar refractivity (Wildman–Crippen MR) is 144 cm³/mol. The van der Waals surface area contributed by atoms with E-state index >= 15 is 0 Å². The lowest BCUT2D eigenvalue weighted by Crippen LogP contribution is -2.46. The summed E-state index contributed by atoms with van der Waals surface area (Å²) in [6.45, 7) is 4.06. The van der Waals surface area contributed by atoms with Crippen LogP contribution in [0.1, 0.15) is 30.0 Å². The highest BCUT2D eigenvalue weighted by Crippen LogP contribution is 2.41. The molecule has 4 aromatic rings. The number of thiocarbonyl (C=S) groups is 1. The number of methoxy groups -OCH3 is 2. The Morgan fingerprint density at radius 1 is 0.917 bits per heavy atom. The number of hydrogen-bond donors (Lipinski definition) is 1. The molecule has 1 atom stereocenters. The van der Waals surface area contributed by atoms with E-state index in [1.807, 2.05) is 91.5 Å². The van der Waals surface area contributed by atoms with Crippen LogP contribution in [0.5, 0.6) is 11.5 Å². The Bertz CT molecular complexity index is 1430. The van der Waals surface area contributed by atoms with Gasteiger partial charge in [-0.1, -0.05) is 59.3 Å². The summed E-state index contributed by atoms with van der Waals surface area (Å²) in [5.41, 5.74) is 5.63. The topological polar surface area (TPSA) is 72.7 Å². The Morgan fingerprint density at radius 3 is 2.33 bits per heavy atom. The second kappa shape index (κ2) is 9.83. The highest BCUT2D eigenvalue weighted by atomic mass is 32.1. The predicted octanol–water partition coefficient (Wildman–Crippen LogP) is 5.93. The van der Waals surface area contributed by atoms with Gasteiger partial charge in [-0.25, -0.2) is 0 Å². The summed E-state index contributed by atoms with van der Waals surface area (Å²) in [4.78, 5) is 6.77. The smallest absolute Gasteiger partial charge is 0.258 e. The van der Waals surface area contributed by atoms with Gasteiger partial charge in [-0.05, 0) is 55.9 Å². The molecule has 0 fully saturated rings. The molecule has 0 amide bonds. The van der Waals surface area contributed by atoms with Crippen molar-refractivity contribution in [1.29, 1.82) is 0 Å². The summed E-state index contributed by atoms with van der Waals surface area (Å²) in [6, 6.07) is 23.4. The van der Waals surface area contributed by atoms with Crippen LogP contribution in [0.3, 0.4) is 0 Å². The van der Waals surface area contributed by atoms with E-state index in [0.29, 0.717) is 28.3 Å². The van der Waals surface area contributed by atoms with Crippen molar-refractivity contribution in [3.63, 3.8) is 0 Å². The van der Waals surface area contributed by atoms with E-state index in [1.165, 1.54) is 0 Å². The van der Waals surface area contributed by atoms with Crippen LogP contribution in [-0.4, -0.2) is 29.5 Å². The van der Waals surface area contributed by atoms with Crippen LogP contribution in [0.15, 0.2) is 83.0 Å². The fourth-order valence-corrected chi connectivity index (χ4v) is 4.70. The highest BCUT2D eigenvalue weighted by molar-refractivity contribution is 7.80. The highest BCUT2D eigenvalue weighted by Gasteiger charge is 2.35. The molecule has 5 rings (SSSR count). The molecule has 1 N–H and O–H groups in total. The van der Waals surface area contributed by atoms with E-state index in [9.17, 15) is 0 Å². The van der Waals surface area contributed by atoms with Crippen molar-refractivity contribution in [1.82, 2.24) is 15.5 Å². The maximum absolute atomic E-state index is 5.85. The fraction of sp³-hybridized carbons (Fsp3) is 0.179. The van der Waals surface area contributed by atoms with Gasteiger partial charge in [0.25, 0.3) is 5.89 Å². The van der Waals surface area contributed by atoms with Crippen LogP contribution < -0.4 is 19.7 Å². The molecule has 0 radical (unpaired) electrons. The molecule has 1 unspecified atom stereocenters. The van der Waals surface area contributed by atoms with Gasteiger partial charge in [-0.2, -0.15) is 4.98 Å². The minimum absolute atomic E-state index is 0.344. The molecule has 1 aliphatic heterocycles. The number of aryl methyl sites for hydroxylation is 1.